The molecule has 3 rings (SSSR count). The summed E-state index contributed by atoms with van der Waals surface area (Å²) in [5.41, 5.74) is 0.704. The number of anilines is 1. The van der Waals surface area contributed by atoms with Crippen molar-refractivity contribution in [3.8, 4) is 5.75 Å². The quantitative estimate of drug-likeness (QED) is 0.764. The molecular formula is C19H20N2O5. The second-order valence-corrected chi connectivity index (χ2v) is 5.84. The Balaban J connectivity index is 1.70. The van der Waals surface area contributed by atoms with E-state index >= 15 is 0 Å². The maximum atomic E-state index is 12.4. The van der Waals surface area contributed by atoms with E-state index in [1.165, 1.54) is 18.9 Å². The first kappa shape index (κ1) is 17.9. The average Bonchev–Trinajstić information content (AvgIpc) is 2.67. The van der Waals surface area contributed by atoms with Gasteiger partial charge in [0.15, 0.2) is 17.7 Å². The minimum absolute atomic E-state index is 0.0128. The lowest BCUT2D eigenvalue weighted by molar-refractivity contribution is -0.157. The lowest BCUT2D eigenvalue weighted by Gasteiger charge is -2.34. The molecule has 136 valence electrons. The second kappa shape index (κ2) is 7.97. The Kier molecular flexibility index (Phi) is 5.48. The third-order valence-electron chi connectivity index (χ3n) is 4.08. The van der Waals surface area contributed by atoms with E-state index in [1.54, 1.807) is 30.5 Å². The number of ether oxygens (including phenoxy) is 3. The fourth-order valence-corrected chi connectivity index (χ4v) is 2.89. The number of carbonyl (C=O) groups excluding carboxylic acids is 2. The number of methoxy groups -OCH3 is 1. The fourth-order valence-electron chi connectivity index (χ4n) is 2.89. The predicted octanol–water partition coefficient (Wildman–Crippen LogP) is 2.13. The summed E-state index contributed by atoms with van der Waals surface area (Å²) < 4.78 is 16.3. The molecule has 2 heterocycles. The van der Waals surface area contributed by atoms with Gasteiger partial charge in [0.2, 0.25) is 5.91 Å². The number of amides is 1. The van der Waals surface area contributed by atoms with Crippen molar-refractivity contribution in [3.63, 3.8) is 0 Å². The van der Waals surface area contributed by atoms with Crippen LogP contribution in [0.1, 0.15) is 18.6 Å². The van der Waals surface area contributed by atoms with Gasteiger partial charge in [0.1, 0.15) is 19.3 Å². The molecule has 0 fully saturated rings. The third-order valence-corrected chi connectivity index (χ3v) is 4.08. The number of fused-ring (bicyclic) bond motifs is 1. The zero-order chi connectivity index (χ0) is 18.5. The van der Waals surface area contributed by atoms with E-state index in [0.29, 0.717) is 17.1 Å². The van der Waals surface area contributed by atoms with Gasteiger partial charge in [-0.3, -0.25) is 9.69 Å². The highest BCUT2D eigenvalue weighted by atomic mass is 16.6. The van der Waals surface area contributed by atoms with Gasteiger partial charge in [0, 0.05) is 20.2 Å². The number of esters is 1. The minimum atomic E-state index is -0.822. The highest BCUT2D eigenvalue weighted by Crippen LogP contribution is 2.31. The number of aromatic nitrogens is 1. The normalized spacial score (nSPS) is 17.0. The first-order valence-electron chi connectivity index (χ1n) is 8.23. The van der Waals surface area contributed by atoms with Gasteiger partial charge in [-0.2, -0.15) is 0 Å². The van der Waals surface area contributed by atoms with E-state index < -0.39 is 18.1 Å². The van der Waals surface area contributed by atoms with Gasteiger partial charge in [-0.15, -0.1) is 0 Å². The van der Waals surface area contributed by atoms with Crippen molar-refractivity contribution >= 4 is 17.7 Å². The summed E-state index contributed by atoms with van der Waals surface area (Å²) in [6.45, 7) is 1.65. The first-order chi connectivity index (χ1) is 12.6. The topological polar surface area (TPSA) is 78.0 Å². The van der Waals surface area contributed by atoms with Crippen LogP contribution in [0.3, 0.4) is 0 Å². The Hall–Kier alpha value is -2.93. The van der Waals surface area contributed by atoms with E-state index in [9.17, 15) is 9.59 Å². The number of benzene rings is 1. The van der Waals surface area contributed by atoms with Crippen molar-refractivity contribution in [1.29, 1.82) is 0 Å². The van der Waals surface area contributed by atoms with Crippen LogP contribution in [0, 0.1) is 0 Å². The molecule has 2 atom stereocenters. The Bertz CT molecular complexity index is 781. The summed E-state index contributed by atoms with van der Waals surface area (Å²) in [6.07, 6.45) is 0.764. The molecule has 7 heteroatoms. The van der Waals surface area contributed by atoms with Crippen molar-refractivity contribution in [3.05, 3.63) is 54.2 Å². The fraction of sp³-hybridized carbons (Fsp3) is 0.316. The molecule has 1 aromatic carbocycles. The van der Waals surface area contributed by atoms with Crippen LogP contribution in [-0.2, 0) is 19.1 Å². The molecule has 0 N–H and O–H groups in total. The van der Waals surface area contributed by atoms with Gasteiger partial charge >= 0.3 is 5.97 Å². The molecule has 0 bridgehead atoms. The SMILES string of the molecule is CO[C@@H](C(=O)OC[C@@H]1COc2cccnc2N1C(C)=O)c1ccccc1. The minimum Gasteiger partial charge on any atom is -0.487 e. The van der Waals surface area contributed by atoms with Crippen molar-refractivity contribution in [1.82, 2.24) is 4.98 Å². The number of carbonyl (C=O) groups is 2. The first-order valence-corrected chi connectivity index (χ1v) is 8.23. The van der Waals surface area contributed by atoms with Gasteiger partial charge in [-0.1, -0.05) is 30.3 Å². The molecule has 1 amide bonds. The van der Waals surface area contributed by atoms with Crippen LogP contribution in [0.5, 0.6) is 5.75 Å². The summed E-state index contributed by atoms with van der Waals surface area (Å²) in [7, 11) is 1.45. The Labute approximate surface area is 151 Å². The second-order valence-electron chi connectivity index (χ2n) is 5.84. The van der Waals surface area contributed by atoms with E-state index in [0.717, 1.165) is 0 Å². The molecule has 0 saturated carbocycles. The lowest BCUT2D eigenvalue weighted by atomic mass is 10.1. The van der Waals surface area contributed by atoms with Crippen molar-refractivity contribution < 1.29 is 23.8 Å². The molecule has 26 heavy (non-hydrogen) atoms. The maximum Gasteiger partial charge on any atom is 0.339 e. The van der Waals surface area contributed by atoms with Crippen LogP contribution in [-0.4, -0.2) is 43.2 Å². The van der Waals surface area contributed by atoms with E-state index in [4.69, 9.17) is 14.2 Å². The molecule has 0 unspecified atom stereocenters. The van der Waals surface area contributed by atoms with Crippen LogP contribution in [0.2, 0.25) is 0 Å². The molecule has 1 aliphatic rings. The number of hydrogen-bond acceptors (Lipinski definition) is 6. The van der Waals surface area contributed by atoms with Crippen LogP contribution < -0.4 is 9.64 Å². The van der Waals surface area contributed by atoms with Gasteiger partial charge in [-0.05, 0) is 17.7 Å². The van der Waals surface area contributed by atoms with Crippen LogP contribution >= 0.6 is 0 Å². The van der Waals surface area contributed by atoms with Crippen LogP contribution in [0.4, 0.5) is 5.82 Å². The Morgan fingerprint density at radius 3 is 2.73 bits per heavy atom. The number of nitrogens with zero attached hydrogens (tertiary/aromatic N) is 2. The van der Waals surface area contributed by atoms with Crippen molar-refractivity contribution in [2.75, 3.05) is 25.2 Å². The summed E-state index contributed by atoms with van der Waals surface area (Å²) in [4.78, 5) is 30.2. The molecule has 1 aromatic heterocycles. The Morgan fingerprint density at radius 1 is 1.27 bits per heavy atom. The summed E-state index contributed by atoms with van der Waals surface area (Å²) in [5.74, 6) is 0.248. The monoisotopic (exact) mass is 356 g/mol. The van der Waals surface area contributed by atoms with E-state index in [1.807, 2.05) is 18.2 Å². The van der Waals surface area contributed by atoms with Crippen LogP contribution in [0.15, 0.2) is 48.7 Å². The third kappa shape index (κ3) is 3.67. The van der Waals surface area contributed by atoms with E-state index in [2.05, 4.69) is 4.98 Å². The van der Waals surface area contributed by atoms with Gasteiger partial charge in [0.05, 0.1) is 0 Å². The van der Waals surface area contributed by atoms with Gasteiger partial charge < -0.3 is 14.2 Å². The molecular weight excluding hydrogens is 336 g/mol. The summed E-state index contributed by atoms with van der Waals surface area (Å²) in [6, 6.07) is 12.1. The highest BCUT2D eigenvalue weighted by molar-refractivity contribution is 5.93. The zero-order valence-corrected chi connectivity index (χ0v) is 14.6. The standard InChI is InChI=1S/C19H20N2O5/c1-13(22)21-15(11-25-16-9-6-10-20-18(16)21)12-26-19(23)17(24-2)14-7-4-3-5-8-14/h3-10,15,17H,11-12H2,1-2H3/t15-,17+/m0/s1. The number of hydrogen-bond donors (Lipinski definition) is 0. The summed E-state index contributed by atoms with van der Waals surface area (Å²) in [5, 5.41) is 0. The smallest absolute Gasteiger partial charge is 0.339 e. The highest BCUT2D eigenvalue weighted by Gasteiger charge is 2.33. The molecule has 0 aliphatic carbocycles. The largest absolute Gasteiger partial charge is 0.487 e. The van der Waals surface area contributed by atoms with Crippen molar-refractivity contribution in [2.45, 2.75) is 19.1 Å². The molecule has 0 radical (unpaired) electrons. The molecule has 1 aliphatic heterocycles. The molecule has 0 saturated heterocycles. The Morgan fingerprint density at radius 2 is 2.04 bits per heavy atom. The van der Waals surface area contributed by atoms with E-state index in [-0.39, 0.29) is 19.1 Å². The van der Waals surface area contributed by atoms with Gasteiger partial charge in [0.25, 0.3) is 0 Å². The van der Waals surface area contributed by atoms with Gasteiger partial charge in [-0.25, -0.2) is 9.78 Å². The van der Waals surface area contributed by atoms with Crippen LogP contribution in [0.25, 0.3) is 0 Å². The summed E-state index contributed by atoms with van der Waals surface area (Å²) >= 11 is 0. The number of pyridine rings is 1. The molecule has 0 spiro atoms. The van der Waals surface area contributed by atoms with Crippen molar-refractivity contribution in [2.24, 2.45) is 0 Å². The maximum absolute atomic E-state index is 12.4. The number of rotatable bonds is 5. The average molecular weight is 356 g/mol. The molecule has 7 nitrogen and oxygen atoms in total. The zero-order valence-electron chi connectivity index (χ0n) is 14.6. The predicted molar refractivity (Wildman–Crippen MR) is 93.8 cm³/mol. The lowest BCUT2D eigenvalue weighted by Crippen LogP contribution is -2.49. The molecule has 2 aromatic rings.